The van der Waals surface area contributed by atoms with Crippen LogP contribution in [-0.4, -0.2) is 27.2 Å². The van der Waals surface area contributed by atoms with Crippen LogP contribution >= 0.6 is 0 Å². The monoisotopic (exact) mass is 231 g/mol. The van der Waals surface area contributed by atoms with E-state index in [0.717, 1.165) is 11.3 Å². The molecular formula is C11H13N5O. The Kier molecular flexibility index (Phi) is 3.69. The molecule has 6 heteroatoms. The van der Waals surface area contributed by atoms with Gasteiger partial charge in [-0.3, -0.25) is 0 Å². The lowest BCUT2D eigenvalue weighted by molar-refractivity contribution is 0.363. The molecule has 2 aromatic rings. The lowest BCUT2D eigenvalue weighted by Gasteiger charge is -2.06. The van der Waals surface area contributed by atoms with Crippen LogP contribution < -0.4 is 10.1 Å². The molecule has 0 radical (unpaired) electrons. The van der Waals surface area contributed by atoms with Gasteiger partial charge in [-0.15, -0.1) is 5.10 Å². The summed E-state index contributed by atoms with van der Waals surface area (Å²) in [6.45, 7) is 4.72. The van der Waals surface area contributed by atoms with E-state index in [9.17, 15) is 0 Å². The molecule has 0 aliphatic rings. The first-order valence-corrected chi connectivity index (χ1v) is 5.18. The largest absolute Gasteiger partial charge is 0.490 e. The maximum atomic E-state index is 5.44. The zero-order valence-electron chi connectivity index (χ0n) is 9.26. The van der Waals surface area contributed by atoms with Crippen LogP contribution in [0, 0.1) is 0 Å². The molecule has 0 unspecified atom stereocenters. The van der Waals surface area contributed by atoms with Crippen molar-refractivity contribution >= 4 is 5.95 Å². The molecule has 1 heterocycles. The predicted octanol–water partition coefficient (Wildman–Crippen LogP) is 1.38. The summed E-state index contributed by atoms with van der Waals surface area (Å²) in [7, 11) is 0. The standard InChI is InChI=1S/C11H13N5O/c1-2-6-17-10-5-3-4-9(7-10)8-12-11-13-15-16-14-11/h2-5,7H,1,6,8H2,(H2,12,13,14,15,16). The van der Waals surface area contributed by atoms with Crippen molar-refractivity contribution in [1.82, 2.24) is 20.6 Å². The Morgan fingerprint density at radius 2 is 2.41 bits per heavy atom. The fourth-order valence-electron chi connectivity index (χ4n) is 1.32. The smallest absolute Gasteiger partial charge is 0.263 e. The maximum Gasteiger partial charge on any atom is 0.263 e. The summed E-state index contributed by atoms with van der Waals surface area (Å²) in [5, 5.41) is 16.5. The minimum absolute atomic E-state index is 0.474. The molecule has 0 saturated carbocycles. The van der Waals surface area contributed by atoms with E-state index in [0.29, 0.717) is 19.1 Å². The minimum atomic E-state index is 0.474. The van der Waals surface area contributed by atoms with E-state index in [-0.39, 0.29) is 0 Å². The summed E-state index contributed by atoms with van der Waals surface area (Å²) < 4.78 is 5.44. The van der Waals surface area contributed by atoms with Crippen LogP contribution in [0.25, 0.3) is 0 Å². The maximum absolute atomic E-state index is 5.44. The molecule has 0 saturated heterocycles. The van der Waals surface area contributed by atoms with Crippen molar-refractivity contribution in [2.45, 2.75) is 6.54 Å². The van der Waals surface area contributed by atoms with Crippen LogP contribution in [-0.2, 0) is 6.54 Å². The number of anilines is 1. The molecule has 17 heavy (non-hydrogen) atoms. The summed E-state index contributed by atoms with van der Waals surface area (Å²) in [6.07, 6.45) is 1.71. The van der Waals surface area contributed by atoms with Gasteiger partial charge in [-0.2, -0.15) is 5.21 Å². The van der Waals surface area contributed by atoms with Gasteiger partial charge in [0.2, 0.25) is 0 Å². The lowest BCUT2D eigenvalue weighted by atomic mass is 10.2. The fraction of sp³-hybridized carbons (Fsp3) is 0.182. The first-order chi connectivity index (χ1) is 8.38. The van der Waals surface area contributed by atoms with E-state index >= 15 is 0 Å². The second-order valence-electron chi connectivity index (χ2n) is 3.34. The van der Waals surface area contributed by atoms with Crippen LogP contribution in [0.5, 0.6) is 5.75 Å². The second-order valence-corrected chi connectivity index (χ2v) is 3.34. The van der Waals surface area contributed by atoms with Gasteiger partial charge in [-0.05, 0) is 22.9 Å². The Morgan fingerprint density at radius 1 is 1.47 bits per heavy atom. The zero-order chi connectivity index (χ0) is 11.9. The highest BCUT2D eigenvalue weighted by atomic mass is 16.5. The SMILES string of the molecule is C=CCOc1cccc(CNc2nn[nH]n2)c1. The van der Waals surface area contributed by atoms with Gasteiger partial charge in [0.25, 0.3) is 5.95 Å². The Balaban J connectivity index is 1.93. The normalized spacial score (nSPS) is 9.88. The molecule has 0 spiro atoms. The molecule has 0 bridgehead atoms. The van der Waals surface area contributed by atoms with E-state index in [1.807, 2.05) is 24.3 Å². The number of aromatic nitrogens is 4. The summed E-state index contributed by atoms with van der Waals surface area (Å²) in [5.74, 6) is 1.29. The topological polar surface area (TPSA) is 75.7 Å². The van der Waals surface area contributed by atoms with Gasteiger partial charge < -0.3 is 10.1 Å². The van der Waals surface area contributed by atoms with Crippen molar-refractivity contribution in [3.8, 4) is 5.75 Å². The van der Waals surface area contributed by atoms with Crippen LogP contribution in [0.1, 0.15) is 5.56 Å². The average Bonchev–Trinajstić information content (AvgIpc) is 2.87. The Morgan fingerprint density at radius 3 is 3.18 bits per heavy atom. The molecule has 0 fully saturated rings. The molecule has 1 aromatic carbocycles. The van der Waals surface area contributed by atoms with E-state index in [1.54, 1.807) is 6.08 Å². The Bertz CT molecular complexity index is 468. The van der Waals surface area contributed by atoms with Crippen molar-refractivity contribution in [1.29, 1.82) is 0 Å². The van der Waals surface area contributed by atoms with Crippen LogP contribution in [0.4, 0.5) is 5.95 Å². The van der Waals surface area contributed by atoms with Crippen LogP contribution in [0.15, 0.2) is 36.9 Å². The van der Waals surface area contributed by atoms with Crippen molar-refractivity contribution < 1.29 is 4.74 Å². The van der Waals surface area contributed by atoms with Gasteiger partial charge >= 0.3 is 0 Å². The number of hydrogen-bond acceptors (Lipinski definition) is 5. The molecule has 0 amide bonds. The summed E-state index contributed by atoms with van der Waals surface area (Å²) in [4.78, 5) is 0. The Labute approximate surface area is 98.7 Å². The van der Waals surface area contributed by atoms with Gasteiger partial charge in [0.15, 0.2) is 0 Å². The first kappa shape index (κ1) is 11.1. The quantitative estimate of drug-likeness (QED) is 0.734. The molecular weight excluding hydrogens is 218 g/mol. The van der Waals surface area contributed by atoms with Gasteiger partial charge in [0.1, 0.15) is 12.4 Å². The molecule has 88 valence electrons. The third kappa shape index (κ3) is 3.30. The predicted molar refractivity (Wildman–Crippen MR) is 63.6 cm³/mol. The average molecular weight is 231 g/mol. The third-order valence-corrected chi connectivity index (χ3v) is 2.06. The van der Waals surface area contributed by atoms with Crippen molar-refractivity contribution in [2.24, 2.45) is 0 Å². The number of benzene rings is 1. The number of nitrogens with one attached hydrogen (secondary N) is 2. The number of hydrogen-bond donors (Lipinski definition) is 2. The van der Waals surface area contributed by atoms with Gasteiger partial charge in [-0.1, -0.05) is 29.9 Å². The number of rotatable bonds is 6. The Hall–Kier alpha value is -2.37. The van der Waals surface area contributed by atoms with Gasteiger partial charge in [0.05, 0.1) is 0 Å². The molecule has 6 nitrogen and oxygen atoms in total. The van der Waals surface area contributed by atoms with Crippen molar-refractivity contribution in [2.75, 3.05) is 11.9 Å². The second kappa shape index (κ2) is 5.64. The highest BCUT2D eigenvalue weighted by molar-refractivity contribution is 5.31. The van der Waals surface area contributed by atoms with Crippen LogP contribution in [0.3, 0.4) is 0 Å². The molecule has 0 aliphatic carbocycles. The highest BCUT2D eigenvalue weighted by Crippen LogP contribution is 2.13. The molecule has 2 rings (SSSR count). The number of H-pyrrole nitrogens is 1. The van der Waals surface area contributed by atoms with Gasteiger partial charge in [0, 0.05) is 6.54 Å². The zero-order valence-corrected chi connectivity index (χ0v) is 9.26. The van der Waals surface area contributed by atoms with E-state index in [2.05, 4.69) is 32.5 Å². The molecule has 2 N–H and O–H groups in total. The molecule has 0 atom stereocenters. The lowest BCUT2D eigenvalue weighted by Crippen LogP contribution is -2.01. The summed E-state index contributed by atoms with van der Waals surface area (Å²) in [5.41, 5.74) is 1.08. The summed E-state index contributed by atoms with van der Waals surface area (Å²) >= 11 is 0. The number of aromatic amines is 1. The van der Waals surface area contributed by atoms with E-state index in [1.165, 1.54) is 0 Å². The first-order valence-electron chi connectivity index (χ1n) is 5.18. The minimum Gasteiger partial charge on any atom is -0.490 e. The number of tetrazole rings is 1. The number of ether oxygens (including phenoxy) is 1. The van der Waals surface area contributed by atoms with E-state index in [4.69, 9.17) is 4.74 Å². The molecule has 1 aromatic heterocycles. The van der Waals surface area contributed by atoms with Crippen molar-refractivity contribution in [3.63, 3.8) is 0 Å². The van der Waals surface area contributed by atoms with Crippen LogP contribution in [0.2, 0.25) is 0 Å². The van der Waals surface area contributed by atoms with E-state index < -0.39 is 0 Å². The summed E-state index contributed by atoms with van der Waals surface area (Å²) in [6, 6.07) is 7.79. The fourth-order valence-corrected chi connectivity index (χ4v) is 1.32. The van der Waals surface area contributed by atoms with Crippen molar-refractivity contribution in [3.05, 3.63) is 42.5 Å². The highest BCUT2D eigenvalue weighted by Gasteiger charge is 1.99. The molecule has 0 aliphatic heterocycles. The van der Waals surface area contributed by atoms with Gasteiger partial charge in [-0.25, -0.2) is 0 Å². The third-order valence-electron chi connectivity index (χ3n) is 2.06. The number of nitrogens with zero attached hydrogens (tertiary/aromatic N) is 3.